The Hall–Kier alpha value is -3.33. The van der Waals surface area contributed by atoms with Crippen LogP contribution in [0.15, 0.2) is 95.7 Å². The Morgan fingerprint density at radius 1 is 0.821 bits per heavy atom. The minimum absolute atomic E-state index is 0.528. The van der Waals surface area contributed by atoms with E-state index < -0.39 is 0 Å². The van der Waals surface area contributed by atoms with Crippen LogP contribution in [0.3, 0.4) is 0 Å². The van der Waals surface area contributed by atoms with E-state index in [1.807, 2.05) is 67.6 Å². The molecule has 3 heteroatoms. The molecular formula is C25H23NO2. The van der Waals surface area contributed by atoms with E-state index in [-0.39, 0.29) is 0 Å². The molecule has 3 aromatic carbocycles. The van der Waals surface area contributed by atoms with Gasteiger partial charge in [0.2, 0.25) is 5.90 Å². The number of para-hydroxylation sites is 2. The first-order chi connectivity index (χ1) is 13.8. The predicted octanol–water partition coefficient (Wildman–Crippen LogP) is 6.27. The van der Waals surface area contributed by atoms with Gasteiger partial charge in [-0.1, -0.05) is 42.5 Å². The lowest BCUT2D eigenvalue weighted by Crippen LogP contribution is -2.10. The fourth-order valence-electron chi connectivity index (χ4n) is 3.24. The van der Waals surface area contributed by atoms with Crippen molar-refractivity contribution in [3.05, 3.63) is 102 Å². The molecule has 0 saturated heterocycles. The van der Waals surface area contributed by atoms with Crippen LogP contribution in [0.25, 0.3) is 0 Å². The number of fused-ring (bicyclic) bond motifs is 1. The monoisotopic (exact) mass is 369 g/mol. The van der Waals surface area contributed by atoms with Gasteiger partial charge in [0.1, 0.15) is 11.5 Å². The van der Waals surface area contributed by atoms with Crippen LogP contribution in [0.1, 0.15) is 24.5 Å². The first kappa shape index (κ1) is 18.1. The quantitative estimate of drug-likeness (QED) is 0.302. The largest absolute Gasteiger partial charge is 0.465 e. The Labute approximate surface area is 166 Å². The Bertz CT molecular complexity index is 992. The van der Waals surface area contributed by atoms with Gasteiger partial charge in [-0.05, 0) is 73.7 Å². The molecule has 0 spiro atoms. The summed E-state index contributed by atoms with van der Waals surface area (Å²) in [5.74, 6) is 2.05. The number of ether oxygens (including phenoxy) is 2. The van der Waals surface area contributed by atoms with Crippen molar-refractivity contribution in [1.29, 1.82) is 0 Å². The van der Waals surface area contributed by atoms with Crippen LogP contribution in [0.2, 0.25) is 0 Å². The molecule has 1 aliphatic rings. The Kier molecular flexibility index (Phi) is 5.53. The summed E-state index contributed by atoms with van der Waals surface area (Å²) in [6, 6.07) is 25.8. The smallest absolute Gasteiger partial charge is 0.225 e. The summed E-state index contributed by atoms with van der Waals surface area (Å²) in [7, 11) is 0. The fourth-order valence-corrected chi connectivity index (χ4v) is 3.24. The summed E-state index contributed by atoms with van der Waals surface area (Å²) in [6.07, 6.45) is 5.19. The van der Waals surface area contributed by atoms with Gasteiger partial charge in [0.25, 0.3) is 0 Å². The molecular weight excluding hydrogens is 346 g/mol. The lowest BCUT2D eigenvalue weighted by molar-refractivity contribution is 0.473. The molecule has 3 aromatic rings. The molecule has 0 unspecified atom stereocenters. The van der Waals surface area contributed by atoms with Gasteiger partial charge in [-0.25, -0.2) is 4.99 Å². The molecule has 4 rings (SSSR count). The maximum absolute atomic E-state index is 6.09. The highest BCUT2D eigenvalue weighted by Crippen LogP contribution is 2.27. The van der Waals surface area contributed by atoms with Crippen LogP contribution in [-0.4, -0.2) is 5.90 Å². The number of hydrogen-bond acceptors (Lipinski definition) is 3. The van der Waals surface area contributed by atoms with Gasteiger partial charge in [-0.2, -0.15) is 0 Å². The first-order valence-corrected chi connectivity index (χ1v) is 9.60. The second kappa shape index (κ2) is 8.57. The van der Waals surface area contributed by atoms with E-state index in [2.05, 4.69) is 18.2 Å². The zero-order valence-electron chi connectivity index (χ0n) is 16.0. The van der Waals surface area contributed by atoms with Crippen LogP contribution >= 0.6 is 0 Å². The summed E-state index contributed by atoms with van der Waals surface area (Å²) in [4.78, 5) is 4.79. The lowest BCUT2D eigenvalue weighted by Gasteiger charge is -2.11. The van der Waals surface area contributed by atoms with Crippen LogP contribution < -0.4 is 9.47 Å². The van der Waals surface area contributed by atoms with Gasteiger partial charge in [0.15, 0.2) is 0 Å². The third kappa shape index (κ3) is 4.49. The number of hydrogen-bond donors (Lipinski definition) is 0. The first-order valence-electron chi connectivity index (χ1n) is 9.60. The van der Waals surface area contributed by atoms with Crippen LogP contribution in [0, 0.1) is 0 Å². The normalized spacial score (nSPS) is 13.9. The molecule has 1 aliphatic carbocycles. The molecule has 0 saturated carbocycles. The molecule has 28 heavy (non-hydrogen) atoms. The van der Waals surface area contributed by atoms with Crippen molar-refractivity contribution in [3.63, 3.8) is 0 Å². The summed E-state index contributed by atoms with van der Waals surface area (Å²) in [5, 5.41) is 0. The fraction of sp³-hybridized carbons (Fsp3) is 0.160. The highest BCUT2D eigenvalue weighted by atomic mass is 16.5. The molecule has 0 aliphatic heterocycles. The van der Waals surface area contributed by atoms with Gasteiger partial charge in [0, 0.05) is 5.57 Å². The molecule has 0 N–H and O–H groups in total. The van der Waals surface area contributed by atoms with Gasteiger partial charge in [-0.15, -0.1) is 0 Å². The van der Waals surface area contributed by atoms with Crippen molar-refractivity contribution in [2.75, 3.05) is 0 Å². The van der Waals surface area contributed by atoms with Crippen molar-refractivity contribution in [3.8, 4) is 11.5 Å². The van der Waals surface area contributed by atoms with Crippen molar-refractivity contribution in [2.45, 2.75) is 26.2 Å². The van der Waals surface area contributed by atoms with E-state index in [1.165, 1.54) is 17.5 Å². The third-order valence-electron chi connectivity index (χ3n) is 4.72. The van der Waals surface area contributed by atoms with Gasteiger partial charge < -0.3 is 9.47 Å². The van der Waals surface area contributed by atoms with E-state index in [0.717, 1.165) is 35.6 Å². The second-order valence-electron chi connectivity index (χ2n) is 6.87. The molecule has 0 amide bonds. The lowest BCUT2D eigenvalue weighted by atomic mass is 10.1. The molecule has 0 aromatic heterocycles. The molecule has 0 bridgehead atoms. The molecule has 140 valence electrons. The van der Waals surface area contributed by atoms with Gasteiger partial charge >= 0.3 is 0 Å². The average Bonchev–Trinajstić information content (AvgIpc) is 3.21. The summed E-state index contributed by atoms with van der Waals surface area (Å²) in [6.45, 7) is 1.94. The van der Waals surface area contributed by atoms with E-state index in [0.29, 0.717) is 5.90 Å². The van der Waals surface area contributed by atoms with Crippen molar-refractivity contribution in [1.82, 2.24) is 0 Å². The summed E-state index contributed by atoms with van der Waals surface area (Å²) in [5.41, 5.74) is 4.54. The zero-order chi connectivity index (χ0) is 19.2. The Balaban J connectivity index is 1.63. The minimum atomic E-state index is 0.528. The standard InChI is InChI=1S/C25H23NO2/c1-19(18-27-23-11-4-2-5-12-23)25(28-24-13-6-3-7-14-24)26-22-16-15-20-9-8-10-21(20)17-22/h2-7,11-18H,8-10H2,1H3/b19-18+,26-25+. The van der Waals surface area contributed by atoms with Gasteiger partial charge in [-0.3, -0.25) is 0 Å². The maximum Gasteiger partial charge on any atom is 0.225 e. The summed E-state index contributed by atoms with van der Waals surface area (Å²) >= 11 is 0. The third-order valence-corrected chi connectivity index (χ3v) is 4.72. The number of aliphatic imine (C=N–C) groups is 1. The predicted molar refractivity (Wildman–Crippen MR) is 113 cm³/mol. The topological polar surface area (TPSA) is 30.8 Å². The minimum Gasteiger partial charge on any atom is -0.465 e. The van der Waals surface area contributed by atoms with Gasteiger partial charge in [0.05, 0.1) is 11.9 Å². The van der Waals surface area contributed by atoms with E-state index in [1.54, 1.807) is 6.26 Å². The second-order valence-corrected chi connectivity index (χ2v) is 6.87. The molecule has 0 radical (unpaired) electrons. The van der Waals surface area contributed by atoms with E-state index in [9.17, 15) is 0 Å². The number of nitrogens with zero attached hydrogens (tertiary/aromatic N) is 1. The van der Waals surface area contributed by atoms with Crippen LogP contribution in [0.4, 0.5) is 5.69 Å². The maximum atomic E-state index is 6.09. The van der Waals surface area contributed by atoms with E-state index in [4.69, 9.17) is 14.5 Å². The van der Waals surface area contributed by atoms with Crippen LogP contribution in [0.5, 0.6) is 11.5 Å². The highest BCUT2D eigenvalue weighted by molar-refractivity contribution is 5.96. The molecule has 0 atom stereocenters. The average molecular weight is 369 g/mol. The van der Waals surface area contributed by atoms with Crippen LogP contribution in [-0.2, 0) is 12.8 Å². The molecule has 0 heterocycles. The number of rotatable bonds is 5. The van der Waals surface area contributed by atoms with Crippen molar-refractivity contribution >= 4 is 11.6 Å². The van der Waals surface area contributed by atoms with Crippen molar-refractivity contribution < 1.29 is 9.47 Å². The molecule has 3 nitrogen and oxygen atoms in total. The Morgan fingerprint density at radius 3 is 2.25 bits per heavy atom. The van der Waals surface area contributed by atoms with E-state index >= 15 is 0 Å². The van der Waals surface area contributed by atoms with Crippen molar-refractivity contribution in [2.24, 2.45) is 4.99 Å². The Morgan fingerprint density at radius 2 is 1.50 bits per heavy atom. The number of aryl methyl sites for hydroxylation is 2. The SMILES string of the molecule is CC(=C\Oc1ccccc1)/C(=N\c1ccc2c(c1)CCC2)Oc1ccccc1. The number of benzene rings is 3. The molecule has 0 fully saturated rings. The summed E-state index contributed by atoms with van der Waals surface area (Å²) < 4.78 is 11.9. The zero-order valence-corrected chi connectivity index (χ0v) is 16.0. The highest BCUT2D eigenvalue weighted by Gasteiger charge is 2.12.